The van der Waals surface area contributed by atoms with Crippen LogP contribution >= 0.6 is 0 Å². The first-order chi connectivity index (χ1) is 25.3. The molecule has 0 amide bonds. The first kappa shape index (κ1) is 34.7. The van der Waals surface area contributed by atoms with Gasteiger partial charge in [-0.15, -0.1) is 0 Å². The van der Waals surface area contributed by atoms with E-state index in [0.717, 1.165) is 11.1 Å². The zero-order chi connectivity index (χ0) is 36.3. The number of carbonyl (C=O) groups is 5. The summed E-state index contributed by atoms with van der Waals surface area (Å²) < 4.78 is 22.0. The van der Waals surface area contributed by atoms with Crippen molar-refractivity contribution < 1.29 is 42.9 Å². The Morgan fingerprint density at radius 1 is 0.346 bits per heavy atom. The van der Waals surface area contributed by atoms with Crippen LogP contribution in [-0.2, 0) is 22.7 Å². The zero-order valence-electron chi connectivity index (χ0n) is 27.6. The lowest BCUT2D eigenvalue weighted by Crippen LogP contribution is -2.14. The van der Waals surface area contributed by atoms with E-state index in [-0.39, 0.29) is 58.3 Å². The molecule has 0 saturated heterocycles. The van der Waals surface area contributed by atoms with Gasteiger partial charge in [-0.05, 0) is 77.9 Å². The summed E-state index contributed by atoms with van der Waals surface area (Å²) in [6.07, 6.45) is 0. The molecule has 0 radical (unpaired) electrons. The minimum absolute atomic E-state index is 0.0893. The topological polar surface area (TPSA) is 122 Å². The Labute approximate surface area is 299 Å². The zero-order valence-corrected chi connectivity index (χ0v) is 27.6. The molecule has 52 heavy (non-hydrogen) atoms. The summed E-state index contributed by atoms with van der Waals surface area (Å²) >= 11 is 0. The highest BCUT2D eigenvalue weighted by Gasteiger charge is 2.21. The van der Waals surface area contributed by atoms with E-state index in [9.17, 15) is 24.0 Å². The molecule has 0 aliphatic rings. The van der Waals surface area contributed by atoms with Crippen LogP contribution in [0.4, 0.5) is 0 Å². The van der Waals surface area contributed by atoms with Gasteiger partial charge in [0, 0.05) is 11.1 Å². The fraction of sp³-hybridized carbons (Fsp3) is 0.0465. The predicted molar refractivity (Wildman–Crippen MR) is 190 cm³/mol. The monoisotopic (exact) mass is 690 g/mol. The number of ether oxygens (including phenoxy) is 4. The van der Waals surface area contributed by atoms with E-state index in [1.54, 1.807) is 30.3 Å². The maximum absolute atomic E-state index is 13.3. The fourth-order valence-electron chi connectivity index (χ4n) is 4.98. The van der Waals surface area contributed by atoms with E-state index in [2.05, 4.69) is 0 Å². The highest BCUT2D eigenvalue weighted by Crippen LogP contribution is 2.31. The lowest BCUT2D eigenvalue weighted by atomic mass is 10.0. The van der Waals surface area contributed by atoms with Crippen molar-refractivity contribution in [1.82, 2.24) is 0 Å². The summed E-state index contributed by atoms with van der Waals surface area (Å²) in [5.41, 5.74) is 2.92. The molecule has 0 N–H and O–H groups in total. The van der Waals surface area contributed by atoms with Crippen molar-refractivity contribution in [3.8, 4) is 11.5 Å². The predicted octanol–water partition coefficient (Wildman–Crippen LogP) is 8.07. The molecule has 6 aromatic rings. The molecule has 0 atom stereocenters. The standard InChI is InChI=1S/C43H30O9/c44-39(31-14-8-3-9-15-31)36-24-25-37(51-42(47)34-20-16-32(17-21-34)40(45)49-27-29-10-4-1-5-11-29)38(26-36)52-43(48)35-22-18-33(19-23-35)41(46)50-28-30-12-6-2-7-13-30/h1-26H,27-28H2. The Morgan fingerprint density at radius 2 is 0.712 bits per heavy atom. The summed E-state index contributed by atoms with van der Waals surface area (Å²) in [6, 6.07) is 42.5. The van der Waals surface area contributed by atoms with Crippen molar-refractivity contribution in [3.05, 3.63) is 202 Å². The second-order valence-electron chi connectivity index (χ2n) is 11.4. The summed E-state index contributed by atoms with van der Waals surface area (Å²) in [7, 11) is 0. The smallest absolute Gasteiger partial charge is 0.343 e. The maximum Gasteiger partial charge on any atom is 0.343 e. The van der Waals surface area contributed by atoms with Gasteiger partial charge in [0.1, 0.15) is 13.2 Å². The largest absolute Gasteiger partial charge is 0.457 e. The maximum atomic E-state index is 13.3. The van der Waals surface area contributed by atoms with Crippen molar-refractivity contribution in [2.75, 3.05) is 0 Å². The molecule has 0 aromatic heterocycles. The van der Waals surface area contributed by atoms with Gasteiger partial charge in [-0.3, -0.25) is 4.79 Å². The Hall–Kier alpha value is -7.13. The molecule has 0 unspecified atom stereocenters. The molecule has 6 aromatic carbocycles. The summed E-state index contributed by atoms with van der Waals surface area (Å²) in [6.45, 7) is 0.188. The molecule has 0 heterocycles. The number of esters is 4. The number of hydrogen-bond donors (Lipinski definition) is 0. The molecular formula is C43H30O9. The molecule has 256 valence electrons. The molecule has 0 bridgehead atoms. The molecule has 0 saturated carbocycles. The van der Waals surface area contributed by atoms with E-state index in [1.807, 2.05) is 60.7 Å². The van der Waals surface area contributed by atoms with Crippen LogP contribution in [0.3, 0.4) is 0 Å². The highest BCUT2D eigenvalue weighted by molar-refractivity contribution is 6.09. The number of hydrogen-bond acceptors (Lipinski definition) is 9. The second-order valence-corrected chi connectivity index (χ2v) is 11.4. The normalized spacial score (nSPS) is 10.5. The average molecular weight is 691 g/mol. The first-order valence-corrected chi connectivity index (χ1v) is 16.1. The third kappa shape index (κ3) is 8.90. The van der Waals surface area contributed by atoms with Crippen molar-refractivity contribution in [3.63, 3.8) is 0 Å². The lowest BCUT2D eigenvalue weighted by Gasteiger charge is -2.13. The summed E-state index contributed by atoms with van der Waals surface area (Å²) in [5.74, 6) is -3.42. The quantitative estimate of drug-likeness (QED) is 0.0713. The molecule has 0 aliphatic heterocycles. The number of ketones is 1. The number of carbonyl (C=O) groups excluding carboxylic acids is 5. The summed E-state index contributed by atoms with van der Waals surface area (Å²) in [5, 5.41) is 0. The van der Waals surface area contributed by atoms with Gasteiger partial charge in [0.2, 0.25) is 0 Å². The molecule has 6 rings (SSSR count). The van der Waals surface area contributed by atoms with Gasteiger partial charge in [0.15, 0.2) is 17.3 Å². The number of rotatable bonds is 12. The van der Waals surface area contributed by atoms with Gasteiger partial charge in [0.25, 0.3) is 0 Å². The van der Waals surface area contributed by atoms with Crippen molar-refractivity contribution in [2.24, 2.45) is 0 Å². The van der Waals surface area contributed by atoms with Crippen LogP contribution in [0.5, 0.6) is 11.5 Å². The lowest BCUT2D eigenvalue weighted by molar-refractivity contribution is 0.0464. The molecule has 9 nitrogen and oxygen atoms in total. The van der Waals surface area contributed by atoms with Crippen LogP contribution in [0.25, 0.3) is 0 Å². The molecule has 0 fully saturated rings. The van der Waals surface area contributed by atoms with E-state index in [4.69, 9.17) is 18.9 Å². The number of benzene rings is 6. The molecule has 0 spiro atoms. The van der Waals surface area contributed by atoms with Crippen molar-refractivity contribution in [2.45, 2.75) is 13.2 Å². The van der Waals surface area contributed by atoms with Gasteiger partial charge in [-0.2, -0.15) is 0 Å². The Bertz CT molecular complexity index is 2200. The van der Waals surface area contributed by atoms with Gasteiger partial charge in [0.05, 0.1) is 22.3 Å². The summed E-state index contributed by atoms with van der Waals surface area (Å²) in [4.78, 5) is 64.9. The van der Waals surface area contributed by atoms with Crippen molar-refractivity contribution in [1.29, 1.82) is 0 Å². The Balaban J connectivity index is 1.16. The van der Waals surface area contributed by atoms with Gasteiger partial charge in [-0.25, -0.2) is 19.2 Å². The Kier molecular flexibility index (Phi) is 11.0. The SMILES string of the molecule is O=C(OCc1ccccc1)c1ccc(C(=O)Oc2ccc(C(=O)c3ccccc3)cc2OC(=O)c2ccc(C(=O)OCc3ccccc3)cc2)cc1. The van der Waals surface area contributed by atoms with Crippen LogP contribution in [0.1, 0.15) is 68.5 Å². The third-order valence-corrected chi connectivity index (χ3v) is 7.79. The average Bonchev–Trinajstić information content (AvgIpc) is 3.20. The van der Waals surface area contributed by atoms with E-state index in [1.165, 1.54) is 66.7 Å². The van der Waals surface area contributed by atoms with Crippen LogP contribution in [0.2, 0.25) is 0 Å². The van der Waals surface area contributed by atoms with Gasteiger partial charge in [-0.1, -0.05) is 91.0 Å². The Morgan fingerprint density at radius 3 is 1.15 bits per heavy atom. The fourth-order valence-corrected chi connectivity index (χ4v) is 4.98. The van der Waals surface area contributed by atoms with Crippen LogP contribution in [0.15, 0.2) is 158 Å². The van der Waals surface area contributed by atoms with E-state index in [0.29, 0.717) is 5.56 Å². The molecule has 9 heteroatoms. The first-order valence-electron chi connectivity index (χ1n) is 16.1. The second kappa shape index (κ2) is 16.5. The van der Waals surface area contributed by atoms with Crippen LogP contribution in [0, 0.1) is 0 Å². The van der Waals surface area contributed by atoms with Crippen LogP contribution < -0.4 is 9.47 Å². The van der Waals surface area contributed by atoms with Gasteiger partial charge < -0.3 is 18.9 Å². The van der Waals surface area contributed by atoms with Crippen molar-refractivity contribution >= 4 is 29.7 Å². The third-order valence-electron chi connectivity index (χ3n) is 7.79. The minimum Gasteiger partial charge on any atom is -0.457 e. The van der Waals surface area contributed by atoms with Gasteiger partial charge >= 0.3 is 23.9 Å². The molecule has 0 aliphatic carbocycles. The van der Waals surface area contributed by atoms with E-state index < -0.39 is 23.9 Å². The molecular weight excluding hydrogens is 660 g/mol. The van der Waals surface area contributed by atoms with Crippen LogP contribution in [-0.4, -0.2) is 29.7 Å². The van der Waals surface area contributed by atoms with E-state index >= 15 is 0 Å². The highest BCUT2D eigenvalue weighted by atomic mass is 16.6. The minimum atomic E-state index is -0.829.